The fourth-order valence-corrected chi connectivity index (χ4v) is 4.35. The first-order chi connectivity index (χ1) is 9.52. The maximum atomic E-state index is 6.33. The van der Waals surface area contributed by atoms with Gasteiger partial charge in [0, 0.05) is 10.0 Å². The molecule has 0 aliphatic heterocycles. The molecule has 1 unspecified atom stereocenters. The van der Waals surface area contributed by atoms with Gasteiger partial charge in [0.25, 0.3) is 0 Å². The molecule has 1 aromatic carbocycles. The normalized spacial score (nSPS) is 12.7. The molecule has 1 atom stereocenters. The summed E-state index contributed by atoms with van der Waals surface area (Å²) >= 11 is 17.5. The van der Waals surface area contributed by atoms with Gasteiger partial charge >= 0.3 is 0 Å². The van der Waals surface area contributed by atoms with E-state index in [1.165, 1.54) is 22.5 Å². The Morgan fingerprint density at radius 3 is 2.55 bits per heavy atom. The summed E-state index contributed by atoms with van der Waals surface area (Å²) in [5.41, 5.74) is 3.45. The predicted molar refractivity (Wildman–Crippen MR) is 93.4 cm³/mol. The Morgan fingerprint density at radius 1 is 1.25 bits per heavy atom. The fraction of sp³-hybridized carbons (Fsp3) is 0.333. The second-order valence-electron chi connectivity index (χ2n) is 4.69. The van der Waals surface area contributed by atoms with Crippen molar-refractivity contribution in [3.05, 3.63) is 54.1 Å². The molecular weight excluding hydrogens is 377 g/mol. The number of halogens is 3. The minimum atomic E-state index is 0.0566. The van der Waals surface area contributed by atoms with Gasteiger partial charge in [0.1, 0.15) is 0 Å². The Bertz CT molecular complexity index is 598. The van der Waals surface area contributed by atoms with Crippen LogP contribution in [0.2, 0.25) is 8.67 Å². The lowest BCUT2D eigenvalue weighted by molar-refractivity contribution is 0.598. The fourth-order valence-electron chi connectivity index (χ4n) is 2.09. The van der Waals surface area contributed by atoms with E-state index >= 15 is 0 Å². The van der Waals surface area contributed by atoms with E-state index in [0.29, 0.717) is 0 Å². The topological polar surface area (TPSA) is 12.0 Å². The molecule has 0 saturated heterocycles. The maximum absolute atomic E-state index is 6.33. The smallest absolute Gasteiger partial charge is 0.0995 e. The summed E-state index contributed by atoms with van der Waals surface area (Å²) in [6, 6.07) is 8.38. The first-order valence-corrected chi connectivity index (χ1v) is 8.83. The van der Waals surface area contributed by atoms with Gasteiger partial charge in [-0.2, -0.15) is 0 Å². The highest BCUT2D eigenvalue weighted by Crippen LogP contribution is 2.39. The zero-order valence-corrected chi connectivity index (χ0v) is 15.3. The summed E-state index contributed by atoms with van der Waals surface area (Å²) in [6.07, 6.45) is 1.06. The molecule has 0 aliphatic carbocycles. The zero-order chi connectivity index (χ0) is 14.7. The van der Waals surface area contributed by atoms with Crippen molar-refractivity contribution in [2.75, 3.05) is 6.54 Å². The van der Waals surface area contributed by atoms with Gasteiger partial charge in [0.05, 0.1) is 14.7 Å². The van der Waals surface area contributed by atoms with Crippen LogP contribution >= 0.6 is 50.5 Å². The summed E-state index contributed by atoms with van der Waals surface area (Å²) in [5.74, 6) is 0. The first-order valence-electron chi connectivity index (χ1n) is 6.47. The average molecular weight is 393 g/mol. The minimum Gasteiger partial charge on any atom is -0.306 e. The van der Waals surface area contributed by atoms with Gasteiger partial charge in [0.2, 0.25) is 0 Å². The van der Waals surface area contributed by atoms with E-state index in [2.05, 4.69) is 53.3 Å². The minimum absolute atomic E-state index is 0.0566. The third-order valence-electron chi connectivity index (χ3n) is 3.06. The standard InChI is InChI=1S/C15H16BrCl2NS/c1-3-6-19-14(11-8-13(17)20-15(11)18)10-5-4-9(2)7-12(10)16/h4-5,7-8,14,19H,3,6H2,1-2H3. The summed E-state index contributed by atoms with van der Waals surface area (Å²) in [5, 5.41) is 3.55. The lowest BCUT2D eigenvalue weighted by atomic mass is 10.00. The van der Waals surface area contributed by atoms with Gasteiger partial charge in [-0.25, -0.2) is 0 Å². The number of benzene rings is 1. The van der Waals surface area contributed by atoms with Crippen molar-refractivity contribution in [1.82, 2.24) is 5.32 Å². The molecule has 0 saturated carbocycles. The molecule has 108 valence electrons. The van der Waals surface area contributed by atoms with Crippen LogP contribution in [0.1, 0.15) is 36.1 Å². The molecule has 0 spiro atoms. The van der Waals surface area contributed by atoms with E-state index in [4.69, 9.17) is 23.2 Å². The van der Waals surface area contributed by atoms with Gasteiger partial charge < -0.3 is 5.32 Å². The second kappa shape index (κ2) is 7.28. The van der Waals surface area contributed by atoms with Crippen LogP contribution in [0.3, 0.4) is 0 Å². The van der Waals surface area contributed by atoms with Crippen molar-refractivity contribution in [1.29, 1.82) is 0 Å². The van der Waals surface area contributed by atoms with Crippen LogP contribution in [0, 0.1) is 6.92 Å². The van der Waals surface area contributed by atoms with Gasteiger partial charge in [0.15, 0.2) is 0 Å². The Morgan fingerprint density at radius 2 is 2.00 bits per heavy atom. The number of nitrogens with one attached hydrogen (secondary N) is 1. The summed E-state index contributed by atoms with van der Waals surface area (Å²) in [7, 11) is 0. The monoisotopic (exact) mass is 391 g/mol. The van der Waals surface area contributed by atoms with E-state index in [1.807, 2.05) is 6.07 Å². The molecule has 1 aromatic heterocycles. The number of hydrogen-bond donors (Lipinski definition) is 1. The molecule has 0 amide bonds. The molecule has 1 nitrogen and oxygen atoms in total. The van der Waals surface area contributed by atoms with Crippen LogP contribution in [0.5, 0.6) is 0 Å². The van der Waals surface area contributed by atoms with Gasteiger partial charge in [-0.15, -0.1) is 11.3 Å². The van der Waals surface area contributed by atoms with E-state index in [1.54, 1.807) is 0 Å². The first kappa shape index (κ1) is 16.3. The Balaban J connectivity index is 2.44. The maximum Gasteiger partial charge on any atom is 0.0995 e. The molecule has 2 aromatic rings. The van der Waals surface area contributed by atoms with Crippen LogP contribution in [0.15, 0.2) is 28.7 Å². The quantitative estimate of drug-likeness (QED) is 0.637. The highest BCUT2D eigenvalue weighted by molar-refractivity contribution is 9.10. The summed E-state index contributed by atoms with van der Waals surface area (Å²) < 4.78 is 2.55. The van der Waals surface area contributed by atoms with Crippen molar-refractivity contribution in [2.24, 2.45) is 0 Å². The van der Waals surface area contributed by atoms with Crippen LogP contribution in [0.25, 0.3) is 0 Å². The molecule has 1 N–H and O–H groups in total. The highest BCUT2D eigenvalue weighted by Gasteiger charge is 2.21. The zero-order valence-electron chi connectivity index (χ0n) is 11.3. The van der Waals surface area contributed by atoms with Crippen molar-refractivity contribution in [2.45, 2.75) is 26.3 Å². The van der Waals surface area contributed by atoms with E-state index < -0.39 is 0 Å². The van der Waals surface area contributed by atoms with Crippen LogP contribution < -0.4 is 5.32 Å². The van der Waals surface area contributed by atoms with Crippen LogP contribution in [0.4, 0.5) is 0 Å². The number of aryl methyl sites for hydroxylation is 1. The van der Waals surface area contributed by atoms with Gasteiger partial charge in [-0.05, 0) is 43.1 Å². The molecule has 1 heterocycles. The van der Waals surface area contributed by atoms with Gasteiger partial charge in [-0.1, -0.05) is 58.2 Å². The van der Waals surface area contributed by atoms with E-state index in [0.717, 1.165) is 31.7 Å². The van der Waals surface area contributed by atoms with Crippen LogP contribution in [-0.2, 0) is 0 Å². The molecular formula is C15H16BrCl2NS. The second-order valence-corrected chi connectivity index (χ2v) is 7.83. The lowest BCUT2D eigenvalue weighted by Crippen LogP contribution is -2.23. The molecule has 0 aliphatic rings. The van der Waals surface area contributed by atoms with Crippen molar-refractivity contribution < 1.29 is 0 Å². The molecule has 0 fully saturated rings. The largest absolute Gasteiger partial charge is 0.306 e. The SMILES string of the molecule is CCCNC(c1ccc(C)cc1Br)c1cc(Cl)sc1Cl. The number of hydrogen-bond acceptors (Lipinski definition) is 2. The molecule has 0 bridgehead atoms. The Hall–Kier alpha value is -0.0600. The lowest BCUT2D eigenvalue weighted by Gasteiger charge is -2.20. The molecule has 0 radical (unpaired) electrons. The average Bonchev–Trinajstić information content (AvgIpc) is 2.71. The summed E-state index contributed by atoms with van der Waals surface area (Å²) in [6.45, 7) is 5.16. The molecule has 5 heteroatoms. The predicted octanol–water partition coefficient (Wildman–Crippen LogP) is 6.21. The van der Waals surface area contributed by atoms with Crippen molar-refractivity contribution in [3.63, 3.8) is 0 Å². The van der Waals surface area contributed by atoms with E-state index in [-0.39, 0.29) is 6.04 Å². The Labute approximate surface area is 142 Å². The van der Waals surface area contributed by atoms with Crippen molar-refractivity contribution in [3.8, 4) is 0 Å². The van der Waals surface area contributed by atoms with E-state index in [9.17, 15) is 0 Å². The Kier molecular flexibility index (Phi) is 5.94. The summed E-state index contributed by atoms with van der Waals surface area (Å²) in [4.78, 5) is 0. The third-order valence-corrected chi connectivity index (χ3v) is 5.26. The highest BCUT2D eigenvalue weighted by atomic mass is 79.9. The number of rotatable bonds is 5. The molecule has 2 rings (SSSR count). The van der Waals surface area contributed by atoms with Crippen molar-refractivity contribution >= 4 is 50.5 Å². The number of thiophene rings is 1. The molecule has 20 heavy (non-hydrogen) atoms. The van der Waals surface area contributed by atoms with Crippen LogP contribution in [-0.4, -0.2) is 6.54 Å². The van der Waals surface area contributed by atoms with Gasteiger partial charge in [-0.3, -0.25) is 0 Å². The third kappa shape index (κ3) is 3.77.